The van der Waals surface area contributed by atoms with E-state index in [1.54, 1.807) is 30.3 Å². The zero-order chi connectivity index (χ0) is 29.0. The molecule has 5 rings (SSSR count). The van der Waals surface area contributed by atoms with Crippen LogP contribution in [-0.4, -0.2) is 36.9 Å². The van der Waals surface area contributed by atoms with E-state index < -0.39 is 15.9 Å². The number of aromatic nitrogens is 2. The largest absolute Gasteiger partial charge is 0.487 e. The lowest BCUT2D eigenvalue weighted by Crippen LogP contribution is -2.27. The van der Waals surface area contributed by atoms with Crippen LogP contribution in [0.5, 0.6) is 5.75 Å². The second kappa shape index (κ2) is 12.3. The molecule has 0 amide bonds. The van der Waals surface area contributed by atoms with Crippen molar-refractivity contribution in [1.82, 2.24) is 15.3 Å². The number of furan rings is 1. The van der Waals surface area contributed by atoms with Crippen LogP contribution < -0.4 is 15.4 Å². The summed E-state index contributed by atoms with van der Waals surface area (Å²) in [6, 6.07) is 20.3. The van der Waals surface area contributed by atoms with Gasteiger partial charge in [0, 0.05) is 22.9 Å². The highest BCUT2D eigenvalue weighted by molar-refractivity contribution is 7.90. The molecule has 0 aliphatic heterocycles. The quantitative estimate of drug-likeness (QED) is 0.174. The number of hydrogen-bond donors (Lipinski definition) is 2. The number of rotatable bonds is 11. The molecule has 8 nitrogen and oxygen atoms in total. The summed E-state index contributed by atoms with van der Waals surface area (Å²) in [7, 11) is -3.22. The van der Waals surface area contributed by atoms with E-state index >= 15 is 0 Å². The van der Waals surface area contributed by atoms with E-state index in [0.29, 0.717) is 45.9 Å². The number of benzene rings is 3. The summed E-state index contributed by atoms with van der Waals surface area (Å²) >= 11 is 6.48. The van der Waals surface area contributed by atoms with Crippen LogP contribution in [0.25, 0.3) is 22.2 Å². The van der Waals surface area contributed by atoms with Gasteiger partial charge in [0.05, 0.1) is 22.3 Å². The number of hydrogen-bond acceptors (Lipinski definition) is 8. The maximum absolute atomic E-state index is 13.5. The van der Waals surface area contributed by atoms with E-state index in [-0.39, 0.29) is 18.2 Å². The number of nitrogens with zero attached hydrogens (tertiary/aromatic N) is 2. The van der Waals surface area contributed by atoms with E-state index in [9.17, 15) is 12.8 Å². The number of anilines is 2. The molecular formula is C30H28ClFN4O4S. The normalized spacial score (nSPS) is 12.4. The average molecular weight is 595 g/mol. The van der Waals surface area contributed by atoms with Crippen molar-refractivity contribution in [2.45, 2.75) is 19.6 Å². The van der Waals surface area contributed by atoms with Gasteiger partial charge in [-0.3, -0.25) is 0 Å². The number of ether oxygens (including phenoxy) is 1. The molecule has 0 spiro atoms. The first-order chi connectivity index (χ1) is 19.7. The van der Waals surface area contributed by atoms with Crippen molar-refractivity contribution in [3.05, 3.63) is 101 Å². The summed E-state index contributed by atoms with van der Waals surface area (Å²) in [6.07, 6.45) is 2.68. The van der Waals surface area contributed by atoms with Crippen LogP contribution in [-0.2, 0) is 16.4 Å². The van der Waals surface area contributed by atoms with Crippen LogP contribution in [0.15, 0.2) is 83.5 Å². The van der Waals surface area contributed by atoms with Crippen LogP contribution in [0.2, 0.25) is 5.02 Å². The molecule has 0 saturated carbocycles. The van der Waals surface area contributed by atoms with Crippen LogP contribution in [0.1, 0.15) is 24.3 Å². The topological polar surface area (TPSA) is 106 Å². The Morgan fingerprint density at radius 3 is 2.66 bits per heavy atom. The molecule has 41 heavy (non-hydrogen) atoms. The summed E-state index contributed by atoms with van der Waals surface area (Å²) in [5, 5.41) is 7.61. The summed E-state index contributed by atoms with van der Waals surface area (Å²) < 4.78 is 49.1. The lowest BCUT2D eigenvalue weighted by atomic mass is 10.1. The number of sulfone groups is 1. The molecule has 1 atom stereocenters. The molecule has 0 unspecified atom stereocenters. The molecule has 11 heteroatoms. The molecule has 0 aliphatic rings. The third kappa shape index (κ3) is 7.21. The average Bonchev–Trinajstić information content (AvgIpc) is 3.42. The lowest BCUT2D eigenvalue weighted by molar-refractivity contribution is 0.306. The molecule has 5 aromatic rings. The standard InChI is InChI=1S/C30H28ClFN4O4S/c1-3-33-26(17-41(2,37)38)29-12-11-27(40-29)20-7-9-25-23(14-20)30(35-18-34-25)36-22-8-10-28(24(31)15-22)39-16-19-5-4-6-21(32)13-19/h4-15,18,26,33H,3,16-17H2,1-2H3,(H,34,35,36)/t26-/m0/s1. The fraction of sp³-hybridized carbons (Fsp3) is 0.200. The fourth-order valence-corrected chi connectivity index (χ4v) is 5.54. The van der Waals surface area contributed by atoms with Gasteiger partial charge in [0.15, 0.2) is 0 Å². The number of nitrogens with one attached hydrogen (secondary N) is 2. The predicted molar refractivity (Wildman–Crippen MR) is 159 cm³/mol. The van der Waals surface area contributed by atoms with Crippen molar-refractivity contribution in [2.24, 2.45) is 0 Å². The van der Waals surface area contributed by atoms with E-state index in [0.717, 1.165) is 16.5 Å². The van der Waals surface area contributed by atoms with E-state index in [4.69, 9.17) is 20.8 Å². The van der Waals surface area contributed by atoms with Gasteiger partial charge in [-0.05, 0) is 72.8 Å². The van der Waals surface area contributed by atoms with Gasteiger partial charge < -0.3 is 19.8 Å². The first kappa shape index (κ1) is 28.5. The Kier molecular flexibility index (Phi) is 8.53. The molecule has 2 N–H and O–H groups in total. The lowest BCUT2D eigenvalue weighted by Gasteiger charge is -2.14. The van der Waals surface area contributed by atoms with Gasteiger partial charge in [0.1, 0.15) is 51.7 Å². The summed E-state index contributed by atoms with van der Waals surface area (Å²) in [5.74, 6) is 1.78. The minimum absolute atomic E-state index is 0.0649. The van der Waals surface area contributed by atoms with Crippen molar-refractivity contribution < 1.29 is 22.0 Å². The second-order valence-corrected chi connectivity index (χ2v) is 12.1. The molecule has 0 radical (unpaired) electrons. The third-order valence-electron chi connectivity index (χ3n) is 6.29. The molecule has 0 fully saturated rings. The SMILES string of the molecule is CCN[C@@H](CS(C)(=O)=O)c1ccc(-c2ccc3ncnc(Nc4ccc(OCc5cccc(F)c5)c(Cl)c4)c3c2)o1. The van der Waals surface area contributed by atoms with Crippen molar-refractivity contribution in [1.29, 1.82) is 0 Å². The summed E-state index contributed by atoms with van der Waals surface area (Å²) in [5.41, 5.74) is 2.90. The highest BCUT2D eigenvalue weighted by Crippen LogP contribution is 2.33. The summed E-state index contributed by atoms with van der Waals surface area (Å²) in [4.78, 5) is 8.81. The molecule has 0 aliphatic carbocycles. The Balaban J connectivity index is 1.37. The molecule has 0 saturated heterocycles. The fourth-order valence-electron chi connectivity index (χ4n) is 4.42. The van der Waals surface area contributed by atoms with Crippen molar-refractivity contribution in [2.75, 3.05) is 23.9 Å². The van der Waals surface area contributed by atoms with Gasteiger partial charge >= 0.3 is 0 Å². The van der Waals surface area contributed by atoms with Gasteiger partial charge in [-0.15, -0.1) is 0 Å². The van der Waals surface area contributed by atoms with Gasteiger partial charge in [0.25, 0.3) is 0 Å². The maximum atomic E-state index is 13.5. The number of halogens is 2. The van der Waals surface area contributed by atoms with Gasteiger partial charge in [-0.25, -0.2) is 22.8 Å². The Morgan fingerprint density at radius 2 is 1.90 bits per heavy atom. The molecular weight excluding hydrogens is 567 g/mol. The maximum Gasteiger partial charge on any atom is 0.149 e. The highest BCUT2D eigenvalue weighted by atomic mass is 35.5. The predicted octanol–water partition coefficient (Wildman–Crippen LogP) is 6.70. The highest BCUT2D eigenvalue weighted by Gasteiger charge is 2.20. The zero-order valence-electron chi connectivity index (χ0n) is 22.4. The second-order valence-electron chi connectivity index (χ2n) is 9.55. The minimum atomic E-state index is -3.22. The van der Waals surface area contributed by atoms with Crippen molar-refractivity contribution >= 4 is 43.8 Å². The Morgan fingerprint density at radius 1 is 1.05 bits per heavy atom. The van der Waals surface area contributed by atoms with Gasteiger partial charge in [-0.1, -0.05) is 30.7 Å². The van der Waals surface area contributed by atoms with Crippen LogP contribution >= 0.6 is 11.6 Å². The van der Waals surface area contributed by atoms with Crippen LogP contribution in [0, 0.1) is 5.82 Å². The molecule has 2 aromatic heterocycles. The Hall–Kier alpha value is -3.99. The van der Waals surface area contributed by atoms with E-state index in [1.165, 1.54) is 24.7 Å². The minimum Gasteiger partial charge on any atom is -0.487 e. The first-order valence-electron chi connectivity index (χ1n) is 12.9. The van der Waals surface area contributed by atoms with Gasteiger partial charge in [-0.2, -0.15) is 0 Å². The zero-order valence-corrected chi connectivity index (χ0v) is 24.0. The third-order valence-corrected chi connectivity index (χ3v) is 7.52. The smallest absolute Gasteiger partial charge is 0.149 e. The summed E-state index contributed by atoms with van der Waals surface area (Å²) in [6.45, 7) is 2.70. The van der Waals surface area contributed by atoms with Crippen molar-refractivity contribution in [3.63, 3.8) is 0 Å². The first-order valence-corrected chi connectivity index (χ1v) is 15.3. The van der Waals surface area contributed by atoms with Crippen LogP contribution in [0.4, 0.5) is 15.9 Å². The number of fused-ring (bicyclic) bond motifs is 1. The van der Waals surface area contributed by atoms with E-state index in [2.05, 4.69) is 20.6 Å². The van der Waals surface area contributed by atoms with Crippen LogP contribution in [0.3, 0.4) is 0 Å². The van der Waals surface area contributed by atoms with E-state index in [1.807, 2.05) is 37.3 Å². The monoisotopic (exact) mass is 594 g/mol. The molecule has 212 valence electrons. The molecule has 0 bridgehead atoms. The molecule has 3 aromatic carbocycles. The molecule has 2 heterocycles. The van der Waals surface area contributed by atoms with Crippen molar-refractivity contribution in [3.8, 4) is 17.1 Å². The van der Waals surface area contributed by atoms with Gasteiger partial charge in [0.2, 0.25) is 0 Å². The Labute approximate surface area is 242 Å². The Bertz CT molecular complexity index is 1790.